The summed E-state index contributed by atoms with van der Waals surface area (Å²) in [5, 5.41) is 7.59. The van der Waals surface area contributed by atoms with Crippen molar-refractivity contribution in [2.24, 2.45) is 0 Å². The van der Waals surface area contributed by atoms with Crippen LogP contribution in [0.4, 0.5) is 5.82 Å². The van der Waals surface area contributed by atoms with Crippen molar-refractivity contribution in [1.29, 1.82) is 0 Å². The number of anilines is 1. The van der Waals surface area contributed by atoms with Crippen LogP contribution in [0.25, 0.3) is 44.8 Å². The molecule has 0 aromatic carbocycles. The molecule has 0 unspecified atom stereocenters. The summed E-state index contributed by atoms with van der Waals surface area (Å²) in [6.07, 6.45) is 9.06. The summed E-state index contributed by atoms with van der Waals surface area (Å²) in [5.41, 5.74) is 6.10. The van der Waals surface area contributed by atoms with Crippen molar-refractivity contribution in [3.05, 3.63) is 48.9 Å². The second kappa shape index (κ2) is 6.91. The Bertz CT molecular complexity index is 1330. The van der Waals surface area contributed by atoms with Gasteiger partial charge in [0.05, 0.1) is 16.7 Å². The molecule has 6 heterocycles. The third kappa shape index (κ3) is 2.80. The zero-order valence-electron chi connectivity index (χ0n) is 16.3. The van der Waals surface area contributed by atoms with E-state index >= 15 is 0 Å². The number of nitrogens with one attached hydrogen (secondary N) is 2. The summed E-state index contributed by atoms with van der Waals surface area (Å²) >= 11 is 0. The molecule has 6 rings (SSSR count). The maximum atomic E-state index is 4.89. The molecular weight excluding hydrogens is 376 g/mol. The van der Waals surface area contributed by atoms with Gasteiger partial charge in [0.2, 0.25) is 0 Å². The number of nitrogens with zero attached hydrogens (tertiary/aromatic N) is 6. The Labute approximate surface area is 172 Å². The highest BCUT2D eigenvalue weighted by Crippen LogP contribution is 2.30. The average Bonchev–Trinajstić information content (AvgIpc) is 3.43. The standard InChI is InChI=1S/C22H20N8/c1-2-12-30(13-3-1)22-19-16(8-11-24-22)26-21(27-19)20-18-17(28-29-20)5-4-15(25-18)14-6-9-23-10-7-14/h4-11H,1-3,12-13H2,(H,26,27)(H,28,29). The number of hydrogen-bond donors (Lipinski definition) is 2. The first-order valence-electron chi connectivity index (χ1n) is 10.2. The zero-order chi connectivity index (χ0) is 19.9. The summed E-state index contributed by atoms with van der Waals surface area (Å²) < 4.78 is 0. The molecule has 148 valence electrons. The number of pyridine rings is 3. The number of imidazole rings is 1. The Morgan fingerprint density at radius 3 is 2.53 bits per heavy atom. The van der Waals surface area contributed by atoms with Crippen molar-refractivity contribution >= 4 is 27.9 Å². The molecule has 8 heteroatoms. The Morgan fingerprint density at radius 2 is 1.67 bits per heavy atom. The highest BCUT2D eigenvalue weighted by molar-refractivity contribution is 5.93. The van der Waals surface area contributed by atoms with Crippen molar-refractivity contribution < 1.29 is 0 Å². The van der Waals surface area contributed by atoms with Crippen LogP contribution in [0.2, 0.25) is 0 Å². The molecule has 1 aliphatic heterocycles. The fraction of sp³-hybridized carbons (Fsp3) is 0.227. The highest BCUT2D eigenvalue weighted by Gasteiger charge is 2.20. The van der Waals surface area contributed by atoms with Gasteiger partial charge in [0.25, 0.3) is 0 Å². The quantitative estimate of drug-likeness (QED) is 0.479. The van der Waals surface area contributed by atoms with Crippen molar-refractivity contribution in [2.75, 3.05) is 18.0 Å². The lowest BCUT2D eigenvalue weighted by Gasteiger charge is -2.27. The molecule has 30 heavy (non-hydrogen) atoms. The van der Waals surface area contributed by atoms with Crippen molar-refractivity contribution in [3.8, 4) is 22.8 Å². The molecule has 1 fully saturated rings. The first kappa shape index (κ1) is 17.1. The number of rotatable bonds is 3. The predicted octanol–water partition coefficient (Wildman–Crippen LogP) is 3.95. The smallest absolute Gasteiger partial charge is 0.161 e. The van der Waals surface area contributed by atoms with Gasteiger partial charge in [-0.3, -0.25) is 10.1 Å². The number of aromatic nitrogens is 7. The van der Waals surface area contributed by atoms with E-state index in [-0.39, 0.29) is 0 Å². The van der Waals surface area contributed by atoms with Crippen molar-refractivity contribution in [2.45, 2.75) is 19.3 Å². The van der Waals surface area contributed by atoms with Crippen LogP contribution in [-0.2, 0) is 0 Å². The lowest BCUT2D eigenvalue weighted by molar-refractivity contribution is 0.574. The first-order chi connectivity index (χ1) is 14.9. The minimum Gasteiger partial charge on any atom is -0.355 e. The van der Waals surface area contributed by atoms with Crippen LogP contribution in [0.3, 0.4) is 0 Å². The second-order valence-corrected chi connectivity index (χ2v) is 7.56. The fourth-order valence-corrected chi connectivity index (χ4v) is 4.12. The van der Waals surface area contributed by atoms with Crippen LogP contribution in [0.5, 0.6) is 0 Å². The average molecular weight is 396 g/mol. The molecule has 1 saturated heterocycles. The van der Waals surface area contributed by atoms with E-state index in [0.717, 1.165) is 52.2 Å². The van der Waals surface area contributed by atoms with Gasteiger partial charge in [0, 0.05) is 37.2 Å². The van der Waals surface area contributed by atoms with Gasteiger partial charge in [0.1, 0.15) is 11.0 Å². The van der Waals surface area contributed by atoms with E-state index < -0.39 is 0 Å². The molecule has 5 aromatic heterocycles. The number of H-pyrrole nitrogens is 2. The maximum absolute atomic E-state index is 4.89. The molecule has 0 amide bonds. The summed E-state index contributed by atoms with van der Waals surface area (Å²) in [7, 11) is 0. The molecule has 8 nitrogen and oxygen atoms in total. The maximum Gasteiger partial charge on any atom is 0.161 e. The monoisotopic (exact) mass is 396 g/mol. The molecule has 0 bridgehead atoms. The number of hydrogen-bond acceptors (Lipinski definition) is 6. The predicted molar refractivity (Wildman–Crippen MR) is 116 cm³/mol. The van der Waals surface area contributed by atoms with Gasteiger partial charge >= 0.3 is 0 Å². The Hall–Kier alpha value is -3.81. The molecule has 5 aromatic rings. The van der Waals surface area contributed by atoms with Gasteiger partial charge in [-0.15, -0.1) is 0 Å². The number of piperidine rings is 1. The van der Waals surface area contributed by atoms with Crippen molar-refractivity contribution in [1.82, 2.24) is 35.1 Å². The van der Waals surface area contributed by atoms with Gasteiger partial charge in [-0.1, -0.05) is 0 Å². The third-order valence-electron chi connectivity index (χ3n) is 5.65. The summed E-state index contributed by atoms with van der Waals surface area (Å²) in [6, 6.07) is 9.84. The second-order valence-electron chi connectivity index (χ2n) is 7.56. The Balaban J connectivity index is 1.47. The fourth-order valence-electron chi connectivity index (χ4n) is 4.12. The van der Waals surface area contributed by atoms with Gasteiger partial charge in [-0.25, -0.2) is 15.0 Å². The Morgan fingerprint density at radius 1 is 0.800 bits per heavy atom. The van der Waals surface area contributed by atoms with Crippen LogP contribution < -0.4 is 4.90 Å². The lowest BCUT2D eigenvalue weighted by atomic mass is 10.1. The lowest BCUT2D eigenvalue weighted by Crippen LogP contribution is -2.30. The van der Waals surface area contributed by atoms with Crippen LogP contribution in [0.1, 0.15) is 19.3 Å². The van der Waals surface area contributed by atoms with E-state index in [4.69, 9.17) is 9.97 Å². The normalized spacial score (nSPS) is 14.6. The van der Waals surface area contributed by atoms with Gasteiger partial charge in [0.15, 0.2) is 17.3 Å². The highest BCUT2D eigenvalue weighted by atomic mass is 15.2. The largest absolute Gasteiger partial charge is 0.355 e. The molecule has 0 aliphatic carbocycles. The van der Waals surface area contributed by atoms with E-state index in [1.165, 1.54) is 19.3 Å². The van der Waals surface area contributed by atoms with Crippen LogP contribution in [-0.4, -0.2) is 48.2 Å². The number of aromatic amines is 2. The molecule has 0 saturated carbocycles. The van der Waals surface area contributed by atoms with Gasteiger partial charge < -0.3 is 9.88 Å². The third-order valence-corrected chi connectivity index (χ3v) is 5.65. The molecule has 1 aliphatic rings. The van der Waals surface area contributed by atoms with Gasteiger partial charge in [-0.05, 0) is 49.6 Å². The van der Waals surface area contributed by atoms with Crippen LogP contribution >= 0.6 is 0 Å². The van der Waals surface area contributed by atoms with E-state index in [1.54, 1.807) is 12.4 Å². The van der Waals surface area contributed by atoms with E-state index in [9.17, 15) is 0 Å². The van der Waals surface area contributed by atoms with Crippen molar-refractivity contribution in [3.63, 3.8) is 0 Å². The minimum absolute atomic E-state index is 0.696. The summed E-state index contributed by atoms with van der Waals surface area (Å²) in [5.74, 6) is 1.64. The van der Waals surface area contributed by atoms with Gasteiger partial charge in [-0.2, -0.15) is 5.10 Å². The molecule has 0 atom stereocenters. The zero-order valence-corrected chi connectivity index (χ0v) is 16.3. The van der Waals surface area contributed by atoms with E-state index in [1.807, 2.05) is 36.5 Å². The minimum atomic E-state index is 0.696. The first-order valence-corrected chi connectivity index (χ1v) is 10.2. The topological polar surface area (TPSA) is 99.3 Å². The van der Waals surface area contributed by atoms with E-state index in [2.05, 4.69) is 30.0 Å². The molecular formula is C22H20N8. The number of fused-ring (bicyclic) bond motifs is 2. The Kier molecular flexibility index (Phi) is 3.93. The molecule has 0 radical (unpaired) electrons. The van der Waals surface area contributed by atoms with Crippen LogP contribution in [0, 0.1) is 0 Å². The van der Waals surface area contributed by atoms with E-state index in [0.29, 0.717) is 11.5 Å². The SMILES string of the molecule is c1cc(-c2ccc3[nH]nc(-c4nc5c(N6CCCCC6)nccc5[nH]4)c3n2)ccn1. The molecule has 0 spiro atoms. The molecule has 2 N–H and O–H groups in total. The van der Waals surface area contributed by atoms with Crippen LogP contribution in [0.15, 0.2) is 48.9 Å². The summed E-state index contributed by atoms with van der Waals surface area (Å²) in [4.78, 5) is 24.2. The summed E-state index contributed by atoms with van der Waals surface area (Å²) in [6.45, 7) is 2.05.